The van der Waals surface area contributed by atoms with Crippen molar-refractivity contribution >= 4 is 0 Å². The topological polar surface area (TPSA) is 32.3 Å². The van der Waals surface area contributed by atoms with Crippen LogP contribution in [0.2, 0.25) is 0 Å². The van der Waals surface area contributed by atoms with Gasteiger partial charge in [0.05, 0.1) is 6.10 Å². The molecule has 0 saturated carbocycles. The smallest absolute Gasteiger partial charge is 0.0512 e. The molecule has 0 bridgehead atoms. The molecule has 0 spiro atoms. The maximum Gasteiger partial charge on any atom is 0.0512 e. The van der Waals surface area contributed by atoms with Gasteiger partial charge in [-0.1, -0.05) is 5.57 Å². The number of hydrogen-bond acceptors (Lipinski definition) is 2. The van der Waals surface area contributed by atoms with Crippen molar-refractivity contribution in [3.05, 3.63) is 12.2 Å². The van der Waals surface area contributed by atoms with Crippen LogP contribution >= 0.6 is 0 Å². The Kier molecular flexibility index (Phi) is 7.11. The largest absolute Gasteiger partial charge is 0.393 e. The van der Waals surface area contributed by atoms with Crippen molar-refractivity contribution in [3.8, 4) is 0 Å². The van der Waals surface area contributed by atoms with Crippen LogP contribution in [0, 0.1) is 0 Å². The zero-order valence-corrected chi connectivity index (χ0v) is 8.27. The van der Waals surface area contributed by atoms with Crippen LogP contribution in [0.25, 0.3) is 0 Å². The number of rotatable bonds is 7. The standard InChI is InChI=1S/C10H21NO/c1-9(2)6-8-11-7-4-5-10(3)12/h10-12H,1,4-8H2,2-3H3. The molecule has 0 aliphatic heterocycles. The van der Waals surface area contributed by atoms with Gasteiger partial charge in [-0.05, 0) is 46.2 Å². The van der Waals surface area contributed by atoms with Gasteiger partial charge in [-0.25, -0.2) is 0 Å². The maximum atomic E-state index is 8.96. The Morgan fingerprint density at radius 2 is 2.17 bits per heavy atom. The van der Waals surface area contributed by atoms with E-state index in [1.54, 1.807) is 0 Å². The molecule has 0 aromatic rings. The van der Waals surface area contributed by atoms with Crippen LogP contribution in [0.15, 0.2) is 12.2 Å². The second-order valence-corrected chi connectivity index (χ2v) is 3.45. The van der Waals surface area contributed by atoms with Gasteiger partial charge in [0.25, 0.3) is 0 Å². The summed E-state index contributed by atoms with van der Waals surface area (Å²) in [6.07, 6.45) is 2.83. The SMILES string of the molecule is C=C(C)CCNCCCC(C)O. The lowest BCUT2D eigenvalue weighted by atomic mass is 10.2. The first-order valence-corrected chi connectivity index (χ1v) is 4.66. The van der Waals surface area contributed by atoms with E-state index in [9.17, 15) is 0 Å². The van der Waals surface area contributed by atoms with Gasteiger partial charge in [0.15, 0.2) is 0 Å². The predicted molar refractivity (Wildman–Crippen MR) is 53.2 cm³/mol. The van der Waals surface area contributed by atoms with E-state index in [0.29, 0.717) is 0 Å². The summed E-state index contributed by atoms with van der Waals surface area (Å²) >= 11 is 0. The fraction of sp³-hybridized carbons (Fsp3) is 0.800. The highest BCUT2D eigenvalue weighted by molar-refractivity contribution is 4.87. The van der Waals surface area contributed by atoms with Crippen molar-refractivity contribution < 1.29 is 5.11 Å². The molecule has 12 heavy (non-hydrogen) atoms. The first-order chi connectivity index (χ1) is 5.63. The van der Waals surface area contributed by atoms with Gasteiger partial charge in [0, 0.05) is 0 Å². The third kappa shape index (κ3) is 9.66. The molecule has 72 valence electrons. The molecule has 0 fully saturated rings. The molecular weight excluding hydrogens is 150 g/mol. The van der Waals surface area contributed by atoms with Gasteiger partial charge in [-0.3, -0.25) is 0 Å². The van der Waals surface area contributed by atoms with E-state index in [4.69, 9.17) is 5.11 Å². The highest BCUT2D eigenvalue weighted by atomic mass is 16.3. The molecule has 0 aliphatic rings. The van der Waals surface area contributed by atoms with E-state index in [1.807, 2.05) is 13.8 Å². The Bertz CT molecular complexity index is 121. The maximum absolute atomic E-state index is 8.96. The molecule has 0 aliphatic carbocycles. The minimum absolute atomic E-state index is 0.159. The molecule has 0 aromatic heterocycles. The Hall–Kier alpha value is -0.340. The molecule has 1 atom stereocenters. The lowest BCUT2D eigenvalue weighted by Crippen LogP contribution is -2.18. The van der Waals surface area contributed by atoms with Crippen LogP contribution < -0.4 is 5.32 Å². The molecule has 2 N–H and O–H groups in total. The average Bonchev–Trinajstić information content (AvgIpc) is 1.95. The zero-order chi connectivity index (χ0) is 9.40. The second kappa shape index (κ2) is 7.32. The predicted octanol–water partition coefficient (Wildman–Crippen LogP) is 1.70. The highest BCUT2D eigenvalue weighted by Crippen LogP contribution is 1.95. The van der Waals surface area contributed by atoms with Gasteiger partial charge in [-0.15, -0.1) is 6.58 Å². The third-order valence-corrected chi connectivity index (χ3v) is 1.70. The first-order valence-electron chi connectivity index (χ1n) is 4.66. The summed E-state index contributed by atoms with van der Waals surface area (Å²) in [4.78, 5) is 0. The number of aliphatic hydroxyl groups is 1. The molecule has 2 heteroatoms. The minimum Gasteiger partial charge on any atom is -0.393 e. The summed E-state index contributed by atoms with van der Waals surface area (Å²) in [7, 11) is 0. The highest BCUT2D eigenvalue weighted by Gasteiger charge is 1.94. The van der Waals surface area contributed by atoms with Crippen LogP contribution in [0.3, 0.4) is 0 Å². The Labute approximate surface area is 75.7 Å². The fourth-order valence-electron chi connectivity index (χ4n) is 0.949. The van der Waals surface area contributed by atoms with Crippen molar-refractivity contribution in [2.75, 3.05) is 13.1 Å². The summed E-state index contributed by atoms with van der Waals surface area (Å²) in [5.74, 6) is 0. The molecule has 0 amide bonds. The van der Waals surface area contributed by atoms with E-state index in [2.05, 4.69) is 11.9 Å². The van der Waals surface area contributed by atoms with Crippen LogP contribution in [-0.2, 0) is 0 Å². The Balaban J connectivity index is 2.96. The van der Waals surface area contributed by atoms with E-state index in [1.165, 1.54) is 5.57 Å². The lowest BCUT2D eigenvalue weighted by Gasteiger charge is -2.05. The Morgan fingerprint density at radius 3 is 2.67 bits per heavy atom. The van der Waals surface area contributed by atoms with Gasteiger partial charge in [0.2, 0.25) is 0 Å². The van der Waals surface area contributed by atoms with E-state index in [0.717, 1.165) is 32.4 Å². The molecule has 0 saturated heterocycles. The van der Waals surface area contributed by atoms with Crippen molar-refractivity contribution in [2.45, 2.75) is 39.2 Å². The summed E-state index contributed by atoms with van der Waals surface area (Å²) in [5.41, 5.74) is 1.22. The summed E-state index contributed by atoms with van der Waals surface area (Å²) in [6, 6.07) is 0. The molecule has 1 unspecified atom stereocenters. The van der Waals surface area contributed by atoms with Crippen molar-refractivity contribution in [3.63, 3.8) is 0 Å². The van der Waals surface area contributed by atoms with Gasteiger partial charge in [-0.2, -0.15) is 0 Å². The number of nitrogens with one attached hydrogen (secondary N) is 1. The molecule has 0 radical (unpaired) electrons. The van der Waals surface area contributed by atoms with Crippen LogP contribution in [0.1, 0.15) is 33.1 Å². The molecule has 0 aromatic carbocycles. The van der Waals surface area contributed by atoms with E-state index < -0.39 is 0 Å². The Morgan fingerprint density at radius 1 is 1.50 bits per heavy atom. The fourth-order valence-corrected chi connectivity index (χ4v) is 0.949. The number of aliphatic hydroxyl groups excluding tert-OH is 1. The van der Waals surface area contributed by atoms with Crippen molar-refractivity contribution in [1.82, 2.24) is 5.32 Å². The second-order valence-electron chi connectivity index (χ2n) is 3.45. The summed E-state index contributed by atoms with van der Waals surface area (Å²) < 4.78 is 0. The normalized spacial score (nSPS) is 12.9. The molecule has 0 rings (SSSR count). The summed E-state index contributed by atoms with van der Waals surface area (Å²) in [6.45, 7) is 9.69. The van der Waals surface area contributed by atoms with Crippen LogP contribution in [-0.4, -0.2) is 24.3 Å². The van der Waals surface area contributed by atoms with Gasteiger partial charge >= 0.3 is 0 Å². The van der Waals surface area contributed by atoms with Crippen LogP contribution in [0.4, 0.5) is 0 Å². The summed E-state index contributed by atoms with van der Waals surface area (Å²) in [5, 5.41) is 12.3. The monoisotopic (exact) mass is 171 g/mol. The molecule has 0 heterocycles. The average molecular weight is 171 g/mol. The number of hydrogen-bond donors (Lipinski definition) is 2. The third-order valence-electron chi connectivity index (χ3n) is 1.70. The van der Waals surface area contributed by atoms with E-state index in [-0.39, 0.29) is 6.10 Å². The van der Waals surface area contributed by atoms with Gasteiger partial charge in [0.1, 0.15) is 0 Å². The quantitative estimate of drug-likeness (QED) is 0.451. The van der Waals surface area contributed by atoms with Gasteiger partial charge < -0.3 is 10.4 Å². The first kappa shape index (κ1) is 11.7. The van der Waals surface area contributed by atoms with Crippen molar-refractivity contribution in [1.29, 1.82) is 0 Å². The van der Waals surface area contributed by atoms with E-state index >= 15 is 0 Å². The molecular formula is C10H21NO. The molecule has 2 nitrogen and oxygen atoms in total. The lowest BCUT2D eigenvalue weighted by molar-refractivity contribution is 0.181. The van der Waals surface area contributed by atoms with Crippen LogP contribution in [0.5, 0.6) is 0 Å². The van der Waals surface area contributed by atoms with Crippen molar-refractivity contribution in [2.24, 2.45) is 0 Å². The minimum atomic E-state index is -0.159. The zero-order valence-electron chi connectivity index (χ0n) is 8.27.